The number of hydrogen-bond donors (Lipinski definition) is 1. The summed E-state index contributed by atoms with van der Waals surface area (Å²) in [5.74, 6) is -0.283. The Balaban J connectivity index is 1.51. The van der Waals surface area contributed by atoms with Gasteiger partial charge in [-0.2, -0.15) is 0 Å². The van der Waals surface area contributed by atoms with E-state index in [2.05, 4.69) is 5.32 Å². The number of rotatable bonds is 7. The molecular formula is C20H20ClN3O6. The average molecular weight is 434 g/mol. The Hall–Kier alpha value is -3.01. The zero-order valence-electron chi connectivity index (χ0n) is 15.9. The highest BCUT2D eigenvalue weighted by Crippen LogP contribution is 2.21. The lowest BCUT2D eigenvalue weighted by Crippen LogP contribution is -2.53. The second-order valence-electron chi connectivity index (χ2n) is 6.70. The minimum atomic E-state index is -0.732. The predicted octanol–water partition coefficient (Wildman–Crippen LogP) is 3.41. The van der Waals surface area contributed by atoms with Crippen LogP contribution in [0.1, 0.15) is 18.4 Å². The number of nitrogens with one attached hydrogen (secondary N) is 1. The number of nitro groups is 1. The topological polar surface area (TPSA) is 111 Å². The molecule has 1 aliphatic heterocycles. The summed E-state index contributed by atoms with van der Waals surface area (Å²) >= 11 is 5.68. The van der Waals surface area contributed by atoms with E-state index in [1.807, 2.05) is 30.3 Å². The summed E-state index contributed by atoms with van der Waals surface area (Å²) in [5.41, 5.74) is 0.809. The number of esters is 1. The minimum absolute atomic E-state index is 0.0882. The largest absolute Gasteiger partial charge is 0.425 e. The van der Waals surface area contributed by atoms with E-state index in [-0.39, 0.29) is 24.1 Å². The molecule has 1 heterocycles. The zero-order chi connectivity index (χ0) is 21.5. The van der Waals surface area contributed by atoms with E-state index in [9.17, 15) is 19.7 Å². The van der Waals surface area contributed by atoms with Crippen molar-refractivity contribution in [2.45, 2.75) is 31.5 Å². The first-order valence-electron chi connectivity index (χ1n) is 9.29. The third kappa shape index (κ3) is 5.76. The van der Waals surface area contributed by atoms with Crippen LogP contribution in [0.5, 0.6) is 5.75 Å². The highest BCUT2D eigenvalue weighted by molar-refractivity contribution is 6.62. The molecule has 3 rings (SSSR count). The maximum Gasteiger partial charge on any atom is 0.340 e. The van der Waals surface area contributed by atoms with E-state index in [0.29, 0.717) is 19.4 Å². The third-order valence-corrected chi connectivity index (χ3v) is 4.82. The van der Waals surface area contributed by atoms with Gasteiger partial charge in [0.1, 0.15) is 18.4 Å². The van der Waals surface area contributed by atoms with Crippen LogP contribution in [0.25, 0.3) is 0 Å². The Morgan fingerprint density at radius 3 is 2.40 bits per heavy atom. The van der Waals surface area contributed by atoms with Crippen LogP contribution < -0.4 is 10.1 Å². The Kier molecular flexibility index (Phi) is 7.34. The average Bonchev–Trinajstić information content (AvgIpc) is 2.75. The molecule has 2 aromatic rings. The summed E-state index contributed by atoms with van der Waals surface area (Å²) in [6.07, 6.45) is 0.895. The van der Waals surface area contributed by atoms with Crippen LogP contribution in [0.2, 0.25) is 0 Å². The molecule has 1 amide bonds. The van der Waals surface area contributed by atoms with Crippen LogP contribution in [0.4, 0.5) is 10.5 Å². The number of hydroxylamine groups is 2. The number of nitrogens with zero attached hydrogens (tertiary/aromatic N) is 2. The Bertz CT molecular complexity index is 885. The summed E-state index contributed by atoms with van der Waals surface area (Å²) in [4.78, 5) is 39.9. The van der Waals surface area contributed by atoms with Crippen LogP contribution >= 0.6 is 11.6 Å². The Labute approximate surface area is 177 Å². The van der Waals surface area contributed by atoms with Crippen LogP contribution in [-0.4, -0.2) is 40.0 Å². The molecule has 10 heteroatoms. The molecule has 1 saturated heterocycles. The molecule has 2 atom stereocenters. The number of nitro benzene ring substituents is 1. The van der Waals surface area contributed by atoms with Gasteiger partial charge in [-0.3, -0.25) is 19.7 Å². The lowest BCUT2D eigenvalue weighted by Gasteiger charge is -2.34. The van der Waals surface area contributed by atoms with Crippen LogP contribution in [0.3, 0.4) is 0 Å². The normalized spacial score (nSPS) is 18.4. The van der Waals surface area contributed by atoms with E-state index in [4.69, 9.17) is 21.2 Å². The van der Waals surface area contributed by atoms with E-state index >= 15 is 0 Å². The zero-order valence-corrected chi connectivity index (χ0v) is 16.7. The number of ether oxygens (including phenoxy) is 1. The predicted molar refractivity (Wildman–Crippen MR) is 108 cm³/mol. The second-order valence-corrected chi connectivity index (χ2v) is 7.03. The van der Waals surface area contributed by atoms with Gasteiger partial charge in [0.25, 0.3) is 5.69 Å². The molecule has 158 valence electrons. The molecule has 9 nitrogen and oxygen atoms in total. The standard InChI is InChI=1S/C20H20ClN3O6/c21-20(26)23(29-13-14-4-2-1-3-5-14)16-8-11-18(22-12-16)19(25)30-17-9-6-15(7-10-17)24(27)28/h1-7,9-10,16,18,22H,8,11-13H2/t16-,18+/m1/s1. The van der Waals surface area contributed by atoms with Gasteiger partial charge < -0.3 is 10.1 Å². The molecule has 0 aromatic heterocycles. The number of piperidine rings is 1. The van der Waals surface area contributed by atoms with Crippen molar-refractivity contribution in [1.29, 1.82) is 0 Å². The first-order chi connectivity index (χ1) is 14.4. The molecular weight excluding hydrogens is 414 g/mol. The van der Waals surface area contributed by atoms with Gasteiger partial charge >= 0.3 is 11.3 Å². The molecule has 30 heavy (non-hydrogen) atoms. The number of carbonyl (C=O) groups excluding carboxylic acids is 2. The van der Waals surface area contributed by atoms with E-state index in [1.54, 1.807) is 0 Å². The molecule has 0 radical (unpaired) electrons. The van der Waals surface area contributed by atoms with Gasteiger partial charge in [-0.25, -0.2) is 9.86 Å². The Morgan fingerprint density at radius 1 is 1.13 bits per heavy atom. The number of non-ortho nitro benzene ring substituents is 1. The van der Waals surface area contributed by atoms with Crippen molar-refractivity contribution in [1.82, 2.24) is 10.4 Å². The van der Waals surface area contributed by atoms with Crippen LogP contribution in [0, 0.1) is 10.1 Å². The molecule has 0 aliphatic carbocycles. The lowest BCUT2D eigenvalue weighted by atomic mass is 10.0. The minimum Gasteiger partial charge on any atom is -0.425 e. The Morgan fingerprint density at radius 2 is 1.83 bits per heavy atom. The second kappa shape index (κ2) is 10.1. The first kappa shape index (κ1) is 21.7. The molecule has 0 bridgehead atoms. The number of halogens is 1. The maximum absolute atomic E-state index is 12.4. The molecule has 2 aromatic carbocycles. The van der Waals surface area contributed by atoms with E-state index in [1.165, 1.54) is 24.3 Å². The van der Waals surface area contributed by atoms with Crippen molar-refractivity contribution < 1.29 is 24.1 Å². The third-order valence-electron chi connectivity index (χ3n) is 4.66. The van der Waals surface area contributed by atoms with Crippen molar-refractivity contribution in [3.05, 3.63) is 70.3 Å². The van der Waals surface area contributed by atoms with Crippen molar-refractivity contribution >= 4 is 28.6 Å². The van der Waals surface area contributed by atoms with Crippen molar-refractivity contribution in [2.24, 2.45) is 0 Å². The lowest BCUT2D eigenvalue weighted by molar-refractivity contribution is -0.384. The van der Waals surface area contributed by atoms with Gasteiger partial charge in [-0.05, 0) is 42.1 Å². The quantitative estimate of drug-likeness (QED) is 0.178. The maximum atomic E-state index is 12.4. The monoisotopic (exact) mass is 433 g/mol. The molecule has 0 unspecified atom stereocenters. The molecule has 1 N–H and O–H groups in total. The van der Waals surface area contributed by atoms with Crippen molar-refractivity contribution in [3.8, 4) is 5.75 Å². The van der Waals surface area contributed by atoms with Gasteiger partial charge in [0.15, 0.2) is 0 Å². The summed E-state index contributed by atoms with van der Waals surface area (Å²) in [6, 6.07) is 13.7. The van der Waals surface area contributed by atoms with E-state index < -0.39 is 22.3 Å². The van der Waals surface area contributed by atoms with Gasteiger partial charge in [0.05, 0.1) is 11.0 Å². The van der Waals surface area contributed by atoms with Crippen LogP contribution in [0.15, 0.2) is 54.6 Å². The molecule has 1 fully saturated rings. The number of amides is 1. The highest BCUT2D eigenvalue weighted by Gasteiger charge is 2.32. The van der Waals surface area contributed by atoms with Gasteiger partial charge in [-0.1, -0.05) is 30.3 Å². The number of carbonyl (C=O) groups is 2. The van der Waals surface area contributed by atoms with Gasteiger partial charge in [0, 0.05) is 18.7 Å². The fraction of sp³-hybridized carbons (Fsp3) is 0.300. The molecule has 0 spiro atoms. The summed E-state index contributed by atoms with van der Waals surface area (Å²) in [6.45, 7) is 0.495. The first-order valence-corrected chi connectivity index (χ1v) is 9.67. The fourth-order valence-corrected chi connectivity index (χ4v) is 3.27. The van der Waals surface area contributed by atoms with Crippen molar-refractivity contribution in [2.75, 3.05) is 6.54 Å². The molecule has 1 aliphatic rings. The summed E-state index contributed by atoms with van der Waals surface area (Å²) in [7, 11) is 0. The van der Waals surface area contributed by atoms with Gasteiger partial charge in [0.2, 0.25) is 0 Å². The van der Waals surface area contributed by atoms with E-state index in [0.717, 1.165) is 10.6 Å². The number of benzene rings is 2. The fourth-order valence-electron chi connectivity index (χ4n) is 3.08. The SMILES string of the molecule is O=C(Oc1ccc([N+](=O)[O-])cc1)[C@@H]1CC[C@@H](N(OCc2ccccc2)C(=O)Cl)CN1. The smallest absolute Gasteiger partial charge is 0.340 e. The van der Waals surface area contributed by atoms with Crippen molar-refractivity contribution in [3.63, 3.8) is 0 Å². The highest BCUT2D eigenvalue weighted by atomic mass is 35.5. The van der Waals surface area contributed by atoms with Gasteiger partial charge in [-0.15, -0.1) is 0 Å². The summed E-state index contributed by atoms with van der Waals surface area (Å²) in [5, 5.41) is 14.1. The molecule has 0 saturated carbocycles. The number of hydrogen-bond acceptors (Lipinski definition) is 7. The summed E-state index contributed by atoms with van der Waals surface area (Å²) < 4.78 is 5.28. The van der Waals surface area contributed by atoms with Crippen LogP contribution in [-0.2, 0) is 16.2 Å².